The molecule has 7 nitrogen and oxygen atoms in total. The van der Waals surface area contributed by atoms with Gasteiger partial charge in [-0.2, -0.15) is 10.2 Å². The van der Waals surface area contributed by atoms with E-state index in [1.165, 1.54) is 6.21 Å². The number of ether oxygens (including phenoxy) is 1. The molecule has 9 heteroatoms. The molecule has 0 saturated carbocycles. The third-order valence-corrected chi connectivity index (χ3v) is 5.56. The summed E-state index contributed by atoms with van der Waals surface area (Å²) in [6.07, 6.45) is 1.50. The summed E-state index contributed by atoms with van der Waals surface area (Å²) in [4.78, 5) is 24.1. The number of aryl methyl sites for hydroxylation is 1. The van der Waals surface area contributed by atoms with Crippen molar-refractivity contribution >= 4 is 45.6 Å². The Morgan fingerprint density at radius 2 is 1.83 bits per heavy atom. The molecule has 0 bridgehead atoms. The van der Waals surface area contributed by atoms with Gasteiger partial charge in [-0.1, -0.05) is 11.6 Å². The minimum atomic E-state index is -0.476. The first-order valence-corrected chi connectivity index (χ1v) is 10.1. The number of nitrogens with zero attached hydrogens (tertiary/aromatic N) is 3. The summed E-state index contributed by atoms with van der Waals surface area (Å²) < 4.78 is 7.81. The SMILES string of the molecule is Cc1nn(CC(=O)N/N=C/c2ccc(OC(=O)c3ccc(Cl)cc3)cc2)c(C)c1Br. The molecule has 1 aromatic heterocycles. The zero-order valence-electron chi connectivity index (χ0n) is 16.2. The molecule has 30 heavy (non-hydrogen) atoms. The Labute approximate surface area is 186 Å². The molecule has 3 aromatic rings. The molecule has 1 amide bonds. The molecule has 1 N–H and O–H groups in total. The maximum atomic E-state index is 12.1. The van der Waals surface area contributed by atoms with E-state index in [-0.39, 0.29) is 12.5 Å². The molecule has 1 heterocycles. The fraction of sp³-hybridized carbons (Fsp3) is 0.143. The summed E-state index contributed by atoms with van der Waals surface area (Å²) >= 11 is 9.24. The van der Waals surface area contributed by atoms with Gasteiger partial charge < -0.3 is 4.74 Å². The lowest BCUT2D eigenvalue weighted by atomic mass is 10.2. The average molecular weight is 490 g/mol. The second-order valence-corrected chi connectivity index (χ2v) is 7.63. The number of benzene rings is 2. The van der Waals surface area contributed by atoms with Gasteiger partial charge in [-0.05, 0) is 83.9 Å². The summed E-state index contributed by atoms with van der Waals surface area (Å²) in [5, 5.41) is 8.78. The van der Waals surface area contributed by atoms with Crippen LogP contribution in [0.15, 0.2) is 58.1 Å². The van der Waals surface area contributed by atoms with Crippen LogP contribution in [0.25, 0.3) is 0 Å². The predicted octanol–water partition coefficient (Wildman–Crippen LogP) is 4.29. The van der Waals surface area contributed by atoms with Crippen molar-refractivity contribution in [3.8, 4) is 5.75 Å². The van der Waals surface area contributed by atoms with Crippen LogP contribution < -0.4 is 10.2 Å². The van der Waals surface area contributed by atoms with Gasteiger partial charge in [-0.25, -0.2) is 10.2 Å². The molecule has 0 aliphatic carbocycles. The fourth-order valence-corrected chi connectivity index (χ4v) is 2.96. The first-order valence-electron chi connectivity index (χ1n) is 8.92. The predicted molar refractivity (Wildman–Crippen MR) is 118 cm³/mol. The zero-order valence-corrected chi connectivity index (χ0v) is 18.6. The number of carbonyl (C=O) groups is 2. The fourth-order valence-electron chi connectivity index (χ4n) is 2.55. The molecule has 0 fully saturated rings. The highest BCUT2D eigenvalue weighted by Crippen LogP contribution is 2.19. The Morgan fingerprint density at radius 1 is 1.17 bits per heavy atom. The number of hydrazone groups is 1. The van der Waals surface area contributed by atoms with Crippen molar-refractivity contribution in [2.45, 2.75) is 20.4 Å². The highest BCUT2D eigenvalue weighted by molar-refractivity contribution is 9.10. The van der Waals surface area contributed by atoms with Crippen LogP contribution in [0.3, 0.4) is 0 Å². The van der Waals surface area contributed by atoms with Crippen molar-refractivity contribution in [2.75, 3.05) is 0 Å². The maximum absolute atomic E-state index is 12.1. The van der Waals surface area contributed by atoms with E-state index in [4.69, 9.17) is 16.3 Å². The van der Waals surface area contributed by atoms with Crippen molar-refractivity contribution in [1.29, 1.82) is 0 Å². The van der Waals surface area contributed by atoms with Crippen molar-refractivity contribution in [3.63, 3.8) is 0 Å². The van der Waals surface area contributed by atoms with Crippen LogP contribution in [0.1, 0.15) is 27.3 Å². The number of halogens is 2. The number of rotatable bonds is 6. The van der Waals surface area contributed by atoms with Gasteiger partial charge in [0.05, 0.1) is 27.6 Å². The number of hydrogen-bond donors (Lipinski definition) is 1. The zero-order chi connectivity index (χ0) is 21.7. The Balaban J connectivity index is 1.52. The second kappa shape index (κ2) is 9.69. The van der Waals surface area contributed by atoms with E-state index in [2.05, 4.69) is 31.6 Å². The summed E-state index contributed by atoms with van der Waals surface area (Å²) in [5.41, 5.74) is 5.29. The van der Waals surface area contributed by atoms with Crippen molar-refractivity contribution < 1.29 is 14.3 Å². The second-order valence-electron chi connectivity index (χ2n) is 6.40. The maximum Gasteiger partial charge on any atom is 0.343 e. The van der Waals surface area contributed by atoms with Crippen LogP contribution in [0.2, 0.25) is 5.02 Å². The van der Waals surface area contributed by atoms with Crippen LogP contribution in [-0.4, -0.2) is 27.9 Å². The van der Waals surface area contributed by atoms with E-state index in [0.29, 0.717) is 16.3 Å². The highest BCUT2D eigenvalue weighted by Gasteiger charge is 2.11. The van der Waals surface area contributed by atoms with Gasteiger partial charge >= 0.3 is 5.97 Å². The summed E-state index contributed by atoms with van der Waals surface area (Å²) in [6.45, 7) is 3.80. The van der Waals surface area contributed by atoms with Crippen LogP contribution in [0, 0.1) is 13.8 Å². The molecular formula is C21H18BrClN4O3. The van der Waals surface area contributed by atoms with E-state index >= 15 is 0 Å². The normalized spacial score (nSPS) is 10.9. The van der Waals surface area contributed by atoms with Crippen LogP contribution >= 0.6 is 27.5 Å². The van der Waals surface area contributed by atoms with Gasteiger partial charge in [0, 0.05) is 5.02 Å². The summed E-state index contributed by atoms with van der Waals surface area (Å²) in [7, 11) is 0. The number of carbonyl (C=O) groups excluding carboxylic acids is 2. The monoisotopic (exact) mass is 488 g/mol. The molecule has 0 atom stereocenters. The van der Waals surface area contributed by atoms with Gasteiger partial charge in [0.1, 0.15) is 12.3 Å². The van der Waals surface area contributed by atoms with E-state index in [1.54, 1.807) is 53.2 Å². The quantitative estimate of drug-likeness (QED) is 0.242. The van der Waals surface area contributed by atoms with E-state index in [9.17, 15) is 9.59 Å². The van der Waals surface area contributed by atoms with Crippen LogP contribution in [0.5, 0.6) is 5.75 Å². The molecular weight excluding hydrogens is 472 g/mol. The number of hydrogen-bond acceptors (Lipinski definition) is 5. The molecule has 0 aliphatic heterocycles. The van der Waals surface area contributed by atoms with Gasteiger partial charge in [-0.15, -0.1) is 0 Å². The molecule has 0 spiro atoms. The van der Waals surface area contributed by atoms with Gasteiger partial charge in [0.2, 0.25) is 0 Å². The third-order valence-electron chi connectivity index (χ3n) is 4.16. The average Bonchev–Trinajstić information content (AvgIpc) is 2.96. The third kappa shape index (κ3) is 5.55. The molecule has 154 valence electrons. The van der Waals surface area contributed by atoms with Crippen LogP contribution in [0.4, 0.5) is 0 Å². The van der Waals surface area contributed by atoms with Gasteiger partial charge in [-0.3, -0.25) is 9.48 Å². The Morgan fingerprint density at radius 3 is 2.43 bits per heavy atom. The summed E-state index contributed by atoms with van der Waals surface area (Å²) in [6, 6.07) is 13.2. The molecule has 2 aromatic carbocycles. The smallest absolute Gasteiger partial charge is 0.343 e. The molecule has 0 saturated heterocycles. The van der Waals surface area contributed by atoms with Gasteiger partial charge in [0.25, 0.3) is 5.91 Å². The Bertz CT molecular complexity index is 1090. The van der Waals surface area contributed by atoms with Crippen molar-refractivity contribution in [3.05, 3.63) is 80.5 Å². The first kappa shape index (κ1) is 21.7. The van der Waals surface area contributed by atoms with Crippen molar-refractivity contribution in [2.24, 2.45) is 5.10 Å². The van der Waals surface area contributed by atoms with Gasteiger partial charge in [0.15, 0.2) is 0 Å². The highest BCUT2D eigenvalue weighted by atomic mass is 79.9. The number of amides is 1. The molecule has 3 rings (SSSR count). The molecule has 0 aliphatic rings. The first-order chi connectivity index (χ1) is 14.3. The lowest BCUT2D eigenvalue weighted by molar-refractivity contribution is -0.121. The number of esters is 1. The minimum Gasteiger partial charge on any atom is -0.423 e. The Hall–Kier alpha value is -2.97. The van der Waals surface area contributed by atoms with Crippen LogP contribution in [-0.2, 0) is 11.3 Å². The van der Waals surface area contributed by atoms with E-state index in [0.717, 1.165) is 21.4 Å². The minimum absolute atomic E-state index is 0.0647. The topological polar surface area (TPSA) is 85.6 Å². The van der Waals surface area contributed by atoms with E-state index < -0.39 is 5.97 Å². The number of aromatic nitrogens is 2. The molecule has 0 radical (unpaired) electrons. The molecule has 0 unspecified atom stereocenters. The van der Waals surface area contributed by atoms with Crippen molar-refractivity contribution in [1.82, 2.24) is 15.2 Å². The summed E-state index contributed by atoms with van der Waals surface area (Å²) in [5.74, 6) is -0.375. The Kier molecular flexibility index (Phi) is 7.02. The lowest BCUT2D eigenvalue weighted by Crippen LogP contribution is -2.24. The number of nitrogens with one attached hydrogen (secondary N) is 1. The standard InChI is InChI=1S/C21H18BrClN4O3/c1-13-20(22)14(2)27(26-13)12-19(28)25-24-11-15-3-9-18(10-4-15)30-21(29)16-5-7-17(23)8-6-16/h3-11H,12H2,1-2H3,(H,25,28)/b24-11+. The van der Waals surface area contributed by atoms with E-state index in [1.807, 2.05) is 13.8 Å². The largest absolute Gasteiger partial charge is 0.423 e. The lowest BCUT2D eigenvalue weighted by Gasteiger charge is -2.05.